The van der Waals surface area contributed by atoms with Crippen molar-refractivity contribution < 1.29 is 4.79 Å². The zero-order chi connectivity index (χ0) is 7.14. The van der Waals surface area contributed by atoms with E-state index in [1.165, 1.54) is 6.42 Å². The maximum atomic E-state index is 10.4. The second-order valence-electron chi connectivity index (χ2n) is 3.29. The smallest absolute Gasteiger partial charge is 0.210 e. The Hall–Kier alpha value is -0.570. The molecule has 0 aromatic carbocycles. The van der Waals surface area contributed by atoms with Crippen molar-refractivity contribution in [3.63, 3.8) is 0 Å². The summed E-state index contributed by atoms with van der Waals surface area (Å²) < 4.78 is 0. The summed E-state index contributed by atoms with van der Waals surface area (Å²) >= 11 is 0. The van der Waals surface area contributed by atoms with Crippen molar-refractivity contribution in [2.45, 2.75) is 18.5 Å². The minimum Gasteiger partial charge on any atom is -0.339 e. The van der Waals surface area contributed by atoms with Crippen LogP contribution in [0, 0.1) is 0 Å². The van der Waals surface area contributed by atoms with Crippen molar-refractivity contribution in [3.05, 3.63) is 0 Å². The van der Waals surface area contributed by atoms with E-state index in [0.717, 1.165) is 19.5 Å². The van der Waals surface area contributed by atoms with E-state index in [4.69, 9.17) is 0 Å². The van der Waals surface area contributed by atoms with Crippen LogP contribution in [-0.2, 0) is 4.79 Å². The fraction of sp³-hybridized carbons (Fsp3) is 0.857. The maximum Gasteiger partial charge on any atom is 0.210 e. The predicted molar refractivity (Wildman–Crippen MR) is 37.6 cm³/mol. The van der Waals surface area contributed by atoms with Crippen molar-refractivity contribution >= 4 is 6.41 Å². The van der Waals surface area contributed by atoms with Crippen LogP contribution in [0.15, 0.2) is 0 Å². The Bertz CT molecular complexity index is 158. The standard InChI is InChI=1S/C7H12N2O/c1-8-3-7-2-6(8)4-9(7)5-10/h5-7H,2-4H2,1H3. The van der Waals surface area contributed by atoms with Crippen LogP contribution in [-0.4, -0.2) is 48.4 Å². The van der Waals surface area contributed by atoms with Gasteiger partial charge in [-0.1, -0.05) is 0 Å². The zero-order valence-corrected chi connectivity index (χ0v) is 6.16. The molecule has 2 bridgehead atoms. The molecule has 0 aromatic heterocycles. The largest absolute Gasteiger partial charge is 0.339 e. The number of likely N-dealkylation sites (N-methyl/N-ethyl adjacent to an activating group) is 1. The number of amides is 1. The molecule has 1 amide bonds. The number of carbonyl (C=O) groups is 1. The summed E-state index contributed by atoms with van der Waals surface area (Å²) in [6.07, 6.45) is 2.17. The van der Waals surface area contributed by atoms with Crippen LogP contribution >= 0.6 is 0 Å². The Labute approximate surface area is 60.6 Å². The summed E-state index contributed by atoms with van der Waals surface area (Å²) in [5.74, 6) is 0. The third-order valence-corrected chi connectivity index (χ3v) is 2.69. The highest BCUT2D eigenvalue weighted by Gasteiger charge is 2.40. The molecular formula is C7H12N2O. The number of hydrogen-bond donors (Lipinski definition) is 0. The molecule has 0 radical (unpaired) electrons. The lowest BCUT2D eigenvalue weighted by Gasteiger charge is -2.28. The number of hydrogen-bond acceptors (Lipinski definition) is 2. The molecule has 2 heterocycles. The topological polar surface area (TPSA) is 23.6 Å². The minimum atomic E-state index is 0.521. The first kappa shape index (κ1) is 6.16. The summed E-state index contributed by atoms with van der Waals surface area (Å²) in [6, 6.07) is 1.17. The molecule has 2 fully saturated rings. The molecule has 2 saturated heterocycles. The molecule has 3 nitrogen and oxygen atoms in total. The van der Waals surface area contributed by atoms with Gasteiger partial charge in [0.05, 0.1) is 0 Å². The number of piperazine rings is 1. The molecule has 0 aliphatic carbocycles. The van der Waals surface area contributed by atoms with Gasteiger partial charge in [0, 0.05) is 25.2 Å². The average Bonchev–Trinajstić information content (AvgIpc) is 2.44. The van der Waals surface area contributed by atoms with Crippen LogP contribution < -0.4 is 0 Å². The molecule has 2 aliphatic rings. The van der Waals surface area contributed by atoms with E-state index >= 15 is 0 Å². The first-order chi connectivity index (χ1) is 4.81. The van der Waals surface area contributed by atoms with Gasteiger partial charge in [0.1, 0.15) is 0 Å². The van der Waals surface area contributed by atoms with Crippen LogP contribution in [0.3, 0.4) is 0 Å². The van der Waals surface area contributed by atoms with Gasteiger partial charge < -0.3 is 4.90 Å². The highest BCUT2D eigenvalue weighted by Crippen LogP contribution is 2.27. The lowest BCUT2D eigenvalue weighted by Crippen LogP contribution is -2.43. The minimum absolute atomic E-state index is 0.521. The molecule has 3 heteroatoms. The number of likely N-dealkylation sites (tertiary alicyclic amines) is 2. The van der Waals surface area contributed by atoms with Gasteiger partial charge in [-0.2, -0.15) is 0 Å². The molecule has 0 spiro atoms. The van der Waals surface area contributed by atoms with Gasteiger partial charge >= 0.3 is 0 Å². The van der Waals surface area contributed by atoms with Crippen molar-refractivity contribution in [2.75, 3.05) is 20.1 Å². The Morgan fingerprint density at radius 3 is 2.60 bits per heavy atom. The lowest BCUT2D eigenvalue weighted by atomic mass is 10.2. The van der Waals surface area contributed by atoms with Crippen LogP contribution in [0.2, 0.25) is 0 Å². The summed E-state index contributed by atoms with van der Waals surface area (Å²) in [4.78, 5) is 14.7. The van der Waals surface area contributed by atoms with Crippen LogP contribution in [0.25, 0.3) is 0 Å². The highest BCUT2D eigenvalue weighted by molar-refractivity contribution is 5.49. The van der Waals surface area contributed by atoms with Gasteiger partial charge in [0.2, 0.25) is 6.41 Å². The quantitative estimate of drug-likeness (QED) is 0.460. The van der Waals surface area contributed by atoms with Crippen LogP contribution in [0.5, 0.6) is 0 Å². The van der Waals surface area contributed by atoms with E-state index in [9.17, 15) is 4.79 Å². The number of nitrogens with zero attached hydrogens (tertiary/aromatic N) is 2. The molecular weight excluding hydrogens is 128 g/mol. The second-order valence-corrected chi connectivity index (χ2v) is 3.29. The predicted octanol–water partition coefficient (Wildman–Crippen LogP) is -0.469. The van der Waals surface area contributed by atoms with E-state index in [-0.39, 0.29) is 0 Å². The monoisotopic (exact) mass is 140 g/mol. The fourth-order valence-corrected chi connectivity index (χ4v) is 2.03. The SMILES string of the molecule is CN1CC2CC1CN2C=O. The number of fused-ring (bicyclic) bond motifs is 2. The molecule has 56 valence electrons. The first-order valence-electron chi connectivity index (χ1n) is 3.72. The Balaban J connectivity index is 2.08. The van der Waals surface area contributed by atoms with E-state index in [2.05, 4.69) is 11.9 Å². The molecule has 0 aromatic rings. The van der Waals surface area contributed by atoms with Crippen molar-refractivity contribution in [1.82, 2.24) is 9.80 Å². The van der Waals surface area contributed by atoms with Gasteiger partial charge in [-0.25, -0.2) is 0 Å². The summed E-state index contributed by atoms with van der Waals surface area (Å²) in [6.45, 7) is 2.02. The Morgan fingerprint density at radius 1 is 1.40 bits per heavy atom. The van der Waals surface area contributed by atoms with Crippen LogP contribution in [0.4, 0.5) is 0 Å². The summed E-state index contributed by atoms with van der Waals surface area (Å²) in [5.41, 5.74) is 0. The van der Waals surface area contributed by atoms with E-state index in [1.54, 1.807) is 0 Å². The molecule has 2 unspecified atom stereocenters. The normalized spacial score (nSPS) is 39.1. The van der Waals surface area contributed by atoms with Crippen molar-refractivity contribution in [3.8, 4) is 0 Å². The fourth-order valence-electron chi connectivity index (χ4n) is 2.03. The van der Waals surface area contributed by atoms with Gasteiger partial charge in [0.15, 0.2) is 0 Å². The van der Waals surface area contributed by atoms with Gasteiger partial charge in [-0.05, 0) is 13.5 Å². The van der Waals surface area contributed by atoms with Gasteiger partial charge in [0.25, 0.3) is 0 Å². The van der Waals surface area contributed by atoms with Crippen LogP contribution in [0.1, 0.15) is 6.42 Å². The van der Waals surface area contributed by atoms with E-state index in [1.807, 2.05) is 4.90 Å². The molecule has 0 saturated carbocycles. The molecule has 2 atom stereocenters. The summed E-state index contributed by atoms with van der Waals surface area (Å²) in [7, 11) is 2.13. The van der Waals surface area contributed by atoms with Crippen molar-refractivity contribution in [2.24, 2.45) is 0 Å². The van der Waals surface area contributed by atoms with Gasteiger partial charge in [-0.15, -0.1) is 0 Å². The van der Waals surface area contributed by atoms with E-state index in [0.29, 0.717) is 12.1 Å². The third-order valence-electron chi connectivity index (χ3n) is 2.69. The third kappa shape index (κ3) is 0.669. The molecule has 0 N–H and O–H groups in total. The molecule has 10 heavy (non-hydrogen) atoms. The van der Waals surface area contributed by atoms with Crippen molar-refractivity contribution in [1.29, 1.82) is 0 Å². The number of carbonyl (C=O) groups excluding carboxylic acids is 1. The zero-order valence-electron chi connectivity index (χ0n) is 6.16. The Morgan fingerprint density at radius 2 is 2.20 bits per heavy atom. The molecule has 2 aliphatic heterocycles. The van der Waals surface area contributed by atoms with E-state index < -0.39 is 0 Å². The average molecular weight is 140 g/mol. The Kier molecular flexibility index (Phi) is 1.20. The second kappa shape index (κ2) is 1.95. The molecule has 2 rings (SSSR count). The number of rotatable bonds is 1. The maximum absolute atomic E-state index is 10.4. The summed E-state index contributed by atoms with van der Waals surface area (Å²) in [5, 5.41) is 0. The van der Waals surface area contributed by atoms with Gasteiger partial charge in [-0.3, -0.25) is 9.69 Å². The first-order valence-corrected chi connectivity index (χ1v) is 3.72. The highest BCUT2D eigenvalue weighted by atomic mass is 16.1. The lowest BCUT2D eigenvalue weighted by molar-refractivity contribution is -0.120.